The lowest BCUT2D eigenvalue weighted by Gasteiger charge is -2.37. The number of halogens is 4. The van der Waals surface area contributed by atoms with Crippen LogP contribution in [0.3, 0.4) is 0 Å². The fourth-order valence-electron chi connectivity index (χ4n) is 2.92. The molecule has 0 spiro atoms. The molecule has 1 aromatic rings. The number of carbonyl (C=O) groups excluding carboxylic acids is 2. The highest BCUT2D eigenvalue weighted by Crippen LogP contribution is 2.24. The predicted molar refractivity (Wildman–Crippen MR) is 89.1 cm³/mol. The van der Waals surface area contributed by atoms with Crippen molar-refractivity contribution in [2.24, 2.45) is 5.92 Å². The van der Waals surface area contributed by atoms with Gasteiger partial charge in [0.15, 0.2) is 23.3 Å². The molecule has 2 amide bonds. The second kappa shape index (κ2) is 7.74. The summed E-state index contributed by atoms with van der Waals surface area (Å²) < 4.78 is 59.6. The smallest absolute Gasteiger partial charge is 0.407 e. The lowest BCUT2D eigenvalue weighted by atomic mass is 9.93. The van der Waals surface area contributed by atoms with Crippen LogP contribution >= 0.6 is 0 Å². The Kier molecular flexibility index (Phi) is 6.01. The molecule has 0 aromatic heterocycles. The van der Waals surface area contributed by atoms with E-state index in [9.17, 15) is 27.2 Å². The number of likely N-dealkylation sites (tertiary alicyclic amines) is 1. The Labute approximate surface area is 154 Å². The Morgan fingerprint density at radius 3 is 2.19 bits per heavy atom. The van der Waals surface area contributed by atoms with Crippen LogP contribution in [0.5, 0.6) is 0 Å². The molecular formula is C18H22F4N2O3. The molecule has 0 radical (unpaired) electrons. The van der Waals surface area contributed by atoms with Crippen molar-refractivity contribution in [3.05, 3.63) is 34.9 Å². The van der Waals surface area contributed by atoms with Crippen LogP contribution in [0.2, 0.25) is 0 Å². The largest absolute Gasteiger partial charge is 0.444 e. The van der Waals surface area contributed by atoms with Crippen LogP contribution in [0.15, 0.2) is 6.07 Å². The van der Waals surface area contributed by atoms with Gasteiger partial charge in [0.2, 0.25) is 0 Å². The molecule has 0 saturated carbocycles. The molecular weight excluding hydrogens is 368 g/mol. The van der Waals surface area contributed by atoms with Gasteiger partial charge in [-0.2, -0.15) is 0 Å². The Hall–Kier alpha value is -2.32. The summed E-state index contributed by atoms with van der Waals surface area (Å²) in [6.07, 6.45) is -0.309. The maximum absolute atomic E-state index is 13.8. The standard InChI is InChI=1S/C18H22F4N2O3/c1-9-8-24(6-5-12(9)23-17(26)27-18(2,3)4)16(25)13-14(21)10(19)7-11(20)15(13)22/h7,9,12H,5-6,8H2,1-4H3,(H,23,26)/t9-,12+/m0/s1. The van der Waals surface area contributed by atoms with Crippen molar-refractivity contribution in [1.29, 1.82) is 0 Å². The summed E-state index contributed by atoms with van der Waals surface area (Å²) in [6, 6.07) is -0.260. The zero-order valence-corrected chi connectivity index (χ0v) is 15.5. The van der Waals surface area contributed by atoms with Crippen molar-refractivity contribution < 1.29 is 31.9 Å². The zero-order chi connectivity index (χ0) is 20.5. The van der Waals surface area contributed by atoms with Crippen LogP contribution < -0.4 is 5.32 Å². The molecule has 0 aliphatic carbocycles. The molecule has 2 atom stereocenters. The molecule has 1 fully saturated rings. The average Bonchev–Trinajstić information content (AvgIpc) is 2.53. The molecule has 0 bridgehead atoms. The van der Waals surface area contributed by atoms with Gasteiger partial charge in [-0.1, -0.05) is 6.92 Å². The highest BCUT2D eigenvalue weighted by Gasteiger charge is 2.34. The number of rotatable bonds is 2. The van der Waals surface area contributed by atoms with Gasteiger partial charge in [-0.05, 0) is 33.1 Å². The van der Waals surface area contributed by atoms with Crippen LogP contribution in [0, 0.1) is 29.2 Å². The van der Waals surface area contributed by atoms with Gasteiger partial charge in [-0.3, -0.25) is 4.79 Å². The van der Waals surface area contributed by atoms with E-state index in [0.29, 0.717) is 6.42 Å². The summed E-state index contributed by atoms with van der Waals surface area (Å²) >= 11 is 0. The number of hydrogen-bond donors (Lipinski definition) is 1. The van der Waals surface area contributed by atoms with Gasteiger partial charge >= 0.3 is 6.09 Å². The fraction of sp³-hybridized carbons (Fsp3) is 0.556. The van der Waals surface area contributed by atoms with Crippen LogP contribution in [-0.4, -0.2) is 41.6 Å². The van der Waals surface area contributed by atoms with Crippen molar-refractivity contribution in [3.8, 4) is 0 Å². The highest BCUT2D eigenvalue weighted by molar-refractivity contribution is 5.95. The van der Waals surface area contributed by atoms with E-state index in [4.69, 9.17) is 4.74 Å². The first-order valence-corrected chi connectivity index (χ1v) is 8.52. The Bertz CT molecular complexity index is 723. The first-order chi connectivity index (χ1) is 12.4. The van der Waals surface area contributed by atoms with Crippen molar-refractivity contribution in [3.63, 3.8) is 0 Å². The van der Waals surface area contributed by atoms with Crippen molar-refractivity contribution in [2.45, 2.75) is 45.8 Å². The molecule has 1 saturated heterocycles. The number of ether oxygens (including phenoxy) is 1. The summed E-state index contributed by atoms with van der Waals surface area (Å²) in [5.74, 6) is -8.11. The van der Waals surface area contributed by atoms with Gasteiger partial charge in [-0.25, -0.2) is 22.4 Å². The Morgan fingerprint density at radius 2 is 1.70 bits per heavy atom. The number of alkyl carbamates (subject to hydrolysis) is 1. The average molecular weight is 390 g/mol. The molecule has 1 aliphatic rings. The number of amides is 2. The SMILES string of the molecule is C[C@H]1CN(C(=O)c2c(F)c(F)cc(F)c2F)CC[C@H]1NC(=O)OC(C)(C)C. The van der Waals surface area contributed by atoms with Crippen LogP contribution in [-0.2, 0) is 4.74 Å². The minimum Gasteiger partial charge on any atom is -0.444 e. The third-order valence-electron chi connectivity index (χ3n) is 4.22. The van der Waals surface area contributed by atoms with Crippen molar-refractivity contribution in [2.75, 3.05) is 13.1 Å². The Morgan fingerprint density at radius 1 is 1.15 bits per heavy atom. The van der Waals surface area contributed by atoms with Gasteiger partial charge in [0.05, 0.1) is 0 Å². The Balaban J connectivity index is 2.08. The summed E-state index contributed by atoms with van der Waals surface area (Å²) in [6.45, 7) is 7.01. The van der Waals surface area contributed by atoms with Gasteiger partial charge in [0, 0.05) is 25.2 Å². The first kappa shape index (κ1) is 21.0. The molecule has 27 heavy (non-hydrogen) atoms. The predicted octanol–water partition coefficient (Wildman–Crippen LogP) is 3.62. The molecule has 2 rings (SSSR count). The fourth-order valence-corrected chi connectivity index (χ4v) is 2.92. The number of benzene rings is 1. The molecule has 5 nitrogen and oxygen atoms in total. The lowest BCUT2D eigenvalue weighted by molar-refractivity contribution is 0.0429. The summed E-state index contributed by atoms with van der Waals surface area (Å²) in [4.78, 5) is 25.4. The van der Waals surface area contributed by atoms with E-state index in [1.807, 2.05) is 0 Å². The van der Waals surface area contributed by atoms with E-state index in [-0.39, 0.29) is 31.1 Å². The van der Waals surface area contributed by atoms with E-state index in [0.717, 1.165) is 4.90 Å². The summed E-state index contributed by atoms with van der Waals surface area (Å²) in [5.41, 5.74) is -1.92. The second-order valence-electron chi connectivity index (χ2n) is 7.61. The summed E-state index contributed by atoms with van der Waals surface area (Å²) in [5, 5.41) is 2.70. The van der Waals surface area contributed by atoms with Crippen molar-refractivity contribution in [1.82, 2.24) is 10.2 Å². The van der Waals surface area contributed by atoms with Gasteiger partial charge in [-0.15, -0.1) is 0 Å². The summed E-state index contributed by atoms with van der Waals surface area (Å²) in [7, 11) is 0. The number of piperidine rings is 1. The topological polar surface area (TPSA) is 58.6 Å². The highest BCUT2D eigenvalue weighted by atomic mass is 19.2. The monoisotopic (exact) mass is 390 g/mol. The molecule has 150 valence electrons. The molecule has 9 heteroatoms. The van der Waals surface area contributed by atoms with E-state index >= 15 is 0 Å². The van der Waals surface area contributed by atoms with E-state index in [2.05, 4.69) is 5.32 Å². The number of nitrogens with one attached hydrogen (secondary N) is 1. The van der Waals surface area contributed by atoms with Gasteiger partial charge in [0.25, 0.3) is 5.91 Å². The molecule has 1 aliphatic heterocycles. The molecule has 1 aromatic carbocycles. The van der Waals surface area contributed by atoms with Crippen LogP contribution in [0.4, 0.5) is 22.4 Å². The minimum absolute atomic E-state index is 0.0519. The maximum atomic E-state index is 13.8. The van der Waals surface area contributed by atoms with Gasteiger partial charge < -0.3 is 15.0 Å². The third-order valence-corrected chi connectivity index (χ3v) is 4.22. The van der Waals surface area contributed by atoms with Crippen LogP contribution in [0.1, 0.15) is 44.5 Å². The minimum atomic E-state index is -1.72. The number of carbonyl (C=O) groups is 2. The molecule has 1 N–H and O–H groups in total. The number of hydrogen-bond acceptors (Lipinski definition) is 3. The van der Waals surface area contributed by atoms with E-state index in [1.54, 1.807) is 27.7 Å². The quantitative estimate of drug-likeness (QED) is 0.620. The van der Waals surface area contributed by atoms with E-state index < -0.39 is 46.4 Å². The number of nitrogens with zero attached hydrogens (tertiary/aromatic N) is 1. The van der Waals surface area contributed by atoms with Crippen molar-refractivity contribution >= 4 is 12.0 Å². The molecule has 1 heterocycles. The lowest BCUT2D eigenvalue weighted by Crippen LogP contribution is -2.52. The molecule has 0 unspecified atom stereocenters. The van der Waals surface area contributed by atoms with E-state index in [1.165, 1.54) is 0 Å². The third kappa shape index (κ3) is 4.90. The van der Waals surface area contributed by atoms with Crippen LogP contribution in [0.25, 0.3) is 0 Å². The normalized spacial score (nSPS) is 20.4. The zero-order valence-electron chi connectivity index (χ0n) is 15.5. The maximum Gasteiger partial charge on any atom is 0.407 e. The second-order valence-corrected chi connectivity index (χ2v) is 7.61. The first-order valence-electron chi connectivity index (χ1n) is 8.52. The van der Waals surface area contributed by atoms with Gasteiger partial charge in [0.1, 0.15) is 11.2 Å².